The molecule has 4 heterocycles. The minimum Gasteiger partial charge on any atom is -0.497 e. The molecule has 2 aliphatic heterocycles. The Bertz CT molecular complexity index is 1530. The molecule has 0 radical (unpaired) electrons. The topological polar surface area (TPSA) is 90.7 Å². The summed E-state index contributed by atoms with van der Waals surface area (Å²) in [7, 11) is 1.63. The molecule has 35 heavy (non-hydrogen) atoms. The third-order valence-electron chi connectivity index (χ3n) is 7.29. The van der Waals surface area contributed by atoms with Crippen LogP contribution in [0, 0.1) is 0 Å². The molecule has 176 valence electrons. The molecule has 1 N–H and O–H groups in total. The number of ether oxygens (including phenoxy) is 2. The lowest BCUT2D eigenvalue weighted by molar-refractivity contribution is -0.172. The molecule has 0 saturated heterocycles. The fourth-order valence-corrected chi connectivity index (χ4v) is 5.37. The fourth-order valence-electron chi connectivity index (χ4n) is 5.37. The van der Waals surface area contributed by atoms with Crippen LogP contribution in [0.5, 0.6) is 5.75 Å². The number of cyclic esters (lactones) is 1. The Hall–Kier alpha value is -3.97. The zero-order chi connectivity index (χ0) is 24.5. The van der Waals surface area contributed by atoms with E-state index in [1.54, 1.807) is 24.7 Å². The Kier molecular flexibility index (Phi) is 4.63. The van der Waals surface area contributed by atoms with Gasteiger partial charge in [-0.05, 0) is 53.8 Å². The highest BCUT2D eigenvalue weighted by molar-refractivity contribution is 5.86. The molecule has 0 fully saturated rings. The zero-order valence-electron chi connectivity index (χ0n) is 19.6. The number of esters is 1. The van der Waals surface area contributed by atoms with Gasteiger partial charge in [0.05, 0.1) is 36.3 Å². The molecule has 3 aromatic rings. The summed E-state index contributed by atoms with van der Waals surface area (Å²) < 4.78 is 12.2. The van der Waals surface area contributed by atoms with Gasteiger partial charge < -0.3 is 19.1 Å². The lowest BCUT2D eigenvalue weighted by Gasteiger charge is -2.31. The van der Waals surface area contributed by atoms with Crippen molar-refractivity contribution >= 4 is 12.0 Å². The highest BCUT2D eigenvalue weighted by Crippen LogP contribution is 2.44. The van der Waals surface area contributed by atoms with E-state index in [2.05, 4.69) is 6.58 Å². The van der Waals surface area contributed by atoms with Gasteiger partial charge in [-0.3, -0.25) is 4.79 Å². The first kappa shape index (κ1) is 21.6. The van der Waals surface area contributed by atoms with E-state index in [9.17, 15) is 14.7 Å². The molecule has 0 amide bonds. The predicted octanol–water partition coefficient (Wildman–Crippen LogP) is 3.73. The van der Waals surface area contributed by atoms with Crippen molar-refractivity contribution in [2.24, 2.45) is 0 Å². The van der Waals surface area contributed by atoms with Crippen LogP contribution in [0.1, 0.15) is 41.3 Å². The number of aromatic nitrogens is 2. The average Bonchev–Trinajstić information content (AvgIpc) is 3.24. The Morgan fingerprint density at radius 2 is 1.94 bits per heavy atom. The van der Waals surface area contributed by atoms with Crippen molar-refractivity contribution in [2.45, 2.75) is 38.5 Å². The summed E-state index contributed by atoms with van der Waals surface area (Å²) in [4.78, 5) is 31.0. The maximum Gasteiger partial charge on any atom is 0.343 e. The van der Waals surface area contributed by atoms with Gasteiger partial charge in [0.1, 0.15) is 12.4 Å². The number of aliphatic hydroxyl groups is 1. The van der Waals surface area contributed by atoms with E-state index in [0.717, 1.165) is 39.3 Å². The lowest BCUT2D eigenvalue weighted by Crippen LogP contribution is -2.44. The molecule has 7 nitrogen and oxygen atoms in total. The standard InChI is InChI=1S/C28H24N2O5/c1-4-28(33)21-12-23-25-19(13-30(23)26(31)20(21)14-35-27(28)32)24(16-6-8-17(34-3)9-7-16)18-11-15(2)5-10-22(18)29-25/h5-10,12,33H,2,4,11,13-14H2,1,3H3. The fraction of sp³-hybridized carbons (Fsp3) is 0.250. The van der Waals surface area contributed by atoms with Crippen molar-refractivity contribution in [1.29, 1.82) is 0 Å². The average molecular weight is 469 g/mol. The molecule has 1 atom stereocenters. The van der Waals surface area contributed by atoms with Crippen molar-refractivity contribution in [3.8, 4) is 28.3 Å². The number of benzene rings is 1. The molecule has 7 heteroatoms. The van der Waals surface area contributed by atoms with Crippen LogP contribution in [0.25, 0.3) is 28.6 Å². The number of carbonyl (C=O) groups is 1. The number of allylic oxidation sites excluding steroid dienone is 2. The first-order valence-electron chi connectivity index (χ1n) is 11.6. The summed E-state index contributed by atoms with van der Waals surface area (Å²) in [6.07, 6.45) is 4.68. The van der Waals surface area contributed by atoms with Gasteiger partial charge in [0, 0.05) is 11.1 Å². The second-order valence-corrected chi connectivity index (χ2v) is 9.18. The van der Waals surface area contributed by atoms with Crippen molar-refractivity contribution in [3.05, 3.63) is 86.9 Å². The van der Waals surface area contributed by atoms with E-state index in [-0.39, 0.29) is 18.6 Å². The molecule has 6 rings (SSSR count). The molecule has 0 saturated carbocycles. The van der Waals surface area contributed by atoms with Gasteiger partial charge in [0.15, 0.2) is 5.60 Å². The van der Waals surface area contributed by atoms with Crippen LogP contribution >= 0.6 is 0 Å². The largest absolute Gasteiger partial charge is 0.497 e. The van der Waals surface area contributed by atoms with E-state index in [4.69, 9.17) is 14.5 Å². The molecule has 2 aromatic heterocycles. The van der Waals surface area contributed by atoms with Crippen LogP contribution in [0.4, 0.5) is 0 Å². The Labute approximate surface area is 202 Å². The Morgan fingerprint density at radius 3 is 2.66 bits per heavy atom. The lowest BCUT2D eigenvalue weighted by atomic mass is 9.85. The smallest absolute Gasteiger partial charge is 0.343 e. The first-order chi connectivity index (χ1) is 16.9. The van der Waals surface area contributed by atoms with Gasteiger partial charge in [-0.2, -0.15) is 0 Å². The van der Waals surface area contributed by atoms with Crippen molar-refractivity contribution in [2.75, 3.05) is 7.11 Å². The van der Waals surface area contributed by atoms with Gasteiger partial charge in [-0.1, -0.05) is 37.3 Å². The van der Waals surface area contributed by atoms with Crippen LogP contribution in [0.15, 0.2) is 53.4 Å². The maximum absolute atomic E-state index is 13.6. The van der Waals surface area contributed by atoms with E-state index >= 15 is 0 Å². The SMILES string of the molecule is C=C1C=Cc2nc3c(c(-c4ccc(OC)cc4)c2C1)Cn1c-3cc2c(c1=O)COC(=O)C2(O)CC. The van der Waals surface area contributed by atoms with Gasteiger partial charge >= 0.3 is 5.97 Å². The monoisotopic (exact) mass is 468 g/mol. The number of methoxy groups -OCH3 is 1. The van der Waals surface area contributed by atoms with Crippen molar-refractivity contribution in [3.63, 3.8) is 0 Å². The molecule has 0 spiro atoms. The summed E-state index contributed by atoms with van der Waals surface area (Å²) in [5.41, 5.74) is 5.62. The number of carbonyl (C=O) groups excluding carboxylic acids is 1. The van der Waals surface area contributed by atoms with Crippen LogP contribution in [0.2, 0.25) is 0 Å². The van der Waals surface area contributed by atoms with Crippen molar-refractivity contribution < 1.29 is 19.4 Å². The van der Waals surface area contributed by atoms with Gasteiger partial charge in [0.2, 0.25) is 0 Å². The van der Waals surface area contributed by atoms with Crippen LogP contribution < -0.4 is 10.3 Å². The maximum atomic E-state index is 13.6. The predicted molar refractivity (Wildman–Crippen MR) is 131 cm³/mol. The van der Waals surface area contributed by atoms with Gasteiger partial charge in [-0.15, -0.1) is 0 Å². The molecule has 0 bridgehead atoms. The summed E-state index contributed by atoms with van der Waals surface area (Å²) in [6.45, 7) is 6.03. The zero-order valence-corrected chi connectivity index (χ0v) is 19.6. The van der Waals surface area contributed by atoms with E-state index in [1.165, 1.54) is 0 Å². The minimum absolute atomic E-state index is 0.105. The number of pyridine rings is 2. The van der Waals surface area contributed by atoms with Crippen LogP contribution in [-0.2, 0) is 34.7 Å². The number of rotatable bonds is 3. The molecular formula is C28H24N2O5. The number of nitrogens with zero attached hydrogens (tertiary/aromatic N) is 2. The van der Waals surface area contributed by atoms with Crippen LogP contribution in [-0.4, -0.2) is 27.7 Å². The molecule has 1 aromatic carbocycles. The molecule has 1 aliphatic carbocycles. The number of fused-ring (bicyclic) bond motifs is 5. The van der Waals surface area contributed by atoms with Crippen molar-refractivity contribution in [1.82, 2.24) is 9.55 Å². The molecule has 1 unspecified atom stereocenters. The van der Waals surface area contributed by atoms with Gasteiger partial charge in [0.25, 0.3) is 5.56 Å². The first-order valence-corrected chi connectivity index (χ1v) is 11.6. The number of hydrogen-bond acceptors (Lipinski definition) is 6. The summed E-state index contributed by atoms with van der Waals surface area (Å²) in [5, 5.41) is 11.1. The summed E-state index contributed by atoms with van der Waals surface area (Å²) in [6, 6.07) is 9.59. The van der Waals surface area contributed by atoms with Gasteiger partial charge in [-0.25, -0.2) is 9.78 Å². The van der Waals surface area contributed by atoms with E-state index in [0.29, 0.717) is 35.5 Å². The number of hydrogen-bond donors (Lipinski definition) is 1. The molecule has 3 aliphatic rings. The Balaban J connectivity index is 1.64. The normalized spacial score (nSPS) is 19.5. The molecular weight excluding hydrogens is 444 g/mol. The second kappa shape index (κ2) is 7.52. The van der Waals surface area contributed by atoms with E-state index in [1.807, 2.05) is 36.4 Å². The van der Waals surface area contributed by atoms with Crippen LogP contribution in [0.3, 0.4) is 0 Å². The summed E-state index contributed by atoms with van der Waals surface area (Å²) in [5.74, 6) is 0.0298. The highest BCUT2D eigenvalue weighted by atomic mass is 16.6. The third kappa shape index (κ3) is 2.98. The minimum atomic E-state index is -1.85. The quantitative estimate of drug-likeness (QED) is 0.461. The van der Waals surface area contributed by atoms with E-state index < -0.39 is 11.6 Å². The Morgan fingerprint density at radius 1 is 1.17 bits per heavy atom. The third-order valence-corrected chi connectivity index (χ3v) is 7.29. The second-order valence-electron chi connectivity index (χ2n) is 9.18. The highest BCUT2D eigenvalue weighted by Gasteiger charge is 2.45. The summed E-state index contributed by atoms with van der Waals surface area (Å²) >= 11 is 0.